The number of hydrogen-bond acceptors (Lipinski definition) is 5. The van der Waals surface area contributed by atoms with Crippen LogP contribution in [0.2, 0.25) is 0 Å². The molecule has 2 heterocycles. The molecule has 2 aromatic rings. The molecule has 3 rings (SSSR count). The first-order chi connectivity index (χ1) is 9.16. The number of nitrogen functional groups attached to an aromatic ring is 2. The number of hydrogen-bond donors (Lipinski definition) is 2. The maximum absolute atomic E-state index is 13.7. The van der Waals surface area contributed by atoms with Gasteiger partial charge in [-0.05, 0) is 12.5 Å². The van der Waals surface area contributed by atoms with Crippen LogP contribution in [-0.4, -0.2) is 16.6 Å². The average Bonchev–Trinajstić information content (AvgIpc) is 2.42. The molecule has 0 amide bonds. The monoisotopic (exact) mass is 260 g/mol. The fourth-order valence-electron chi connectivity index (χ4n) is 2.24. The smallest absolute Gasteiger partial charge is 0.165 e. The van der Waals surface area contributed by atoms with Crippen molar-refractivity contribution in [3.8, 4) is 5.75 Å². The summed E-state index contributed by atoms with van der Waals surface area (Å²) in [5, 5.41) is 0. The van der Waals surface area contributed by atoms with Crippen LogP contribution < -0.4 is 16.2 Å². The van der Waals surface area contributed by atoms with Gasteiger partial charge in [-0.25, -0.2) is 14.4 Å². The van der Waals surface area contributed by atoms with Crippen molar-refractivity contribution < 1.29 is 9.13 Å². The second kappa shape index (κ2) is 4.38. The normalized spacial score (nSPS) is 17.6. The van der Waals surface area contributed by atoms with Crippen LogP contribution in [0, 0.1) is 5.82 Å². The van der Waals surface area contributed by atoms with Gasteiger partial charge in [0.1, 0.15) is 11.6 Å². The van der Waals surface area contributed by atoms with Gasteiger partial charge >= 0.3 is 0 Å². The molecule has 0 saturated heterocycles. The highest BCUT2D eigenvalue weighted by Crippen LogP contribution is 2.38. The second-order valence-corrected chi connectivity index (χ2v) is 4.42. The van der Waals surface area contributed by atoms with Gasteiger partial charge < -0.3 is 16.2 Å². The Labute approximate surface area is 109 Å². The number of nitrogens with zero attached hydrogens (tertiary/aromatic N) is 2. The van der Waals surface area contributed by atoms with Crippen molar-refractivity contribution in [2.45, 2.75) is 12.3 Å². The predicted octanol–water partition coefficient (Wildman–Crippen LogP) is 1.69. The zero-order valence-electron chi connectivity index (χ0n) is 10.1. The van der Waals surface area contributed by atoms with Crippen molar-refractivity contribution in [1.82, 2.24) is 9.97 Å². The van der Waals surface area contributed by atoms with Crippen LogP contribution in [0.25, 0.3) is 0 Å². The number of nitrogens with two attached hydrogens (primary N) is 2. The standard InChI is InChI=1S/C13H13FN4O/c14-9-3-1-2-7-8(4-5-19-11(7)9)13-17-6-10(15)12(16)18-13/h1-3,6,8H,4-5,15H2,(H2,16,17,18). The number of rotatable bonds is 1. The van der Waals surface area contributed by atoms with Gasteiger partial charge in [-0.15, -0.1) is 0 Å². The van der Waals surface area contributed by atoms with Gasteiger partial charge in [-0.1, -0.05) is 12.1 Å². The van der Waals surface area contributed by atoms with Crippen molar-refractivity contribution in [2.75, 3.05) is 18.1 Å². The molecule has 0 bridgehead atoms. The lowest BCUT2D eigenvalue weighted by Gasteiger charge is -2.25. The summed E-state index contributed by atoms with van der Waals surface area (Å²) < 4.78 is 19.1. The van der Waals surface area contributed by atoms with Crippen molar-refractivity contribution in [3.05, 3.63) is 41.6 Å². The molecule has 1 atom stereocenters. The van der Waals surface area contributed by atoms with Crippen LogP contribution in [-0.2, 0) is 0 Å². The minimum Gasteiger partial charge on any atom is -0.490 e. The van der Waals surface area contributed by atoms with E-state index in [-0.39, 0.29) is 23.3 Å². The third-order valence-electron chi connectivity index (χ3n) is 3.20. The fourth-order valence-corrected chi connectivity index (χ4v) is 2.24. The Morgan fingerprint density at radius 1 is 1.32 bits per heavy atom. The second-order valence-electron chi connectivity index (χ2n) is 4.42. The van der Waals surface area contributed by atoms with Crippen LogP contribution in [0.5, 0.6) is 5.75 Å². The zero-order valence-corrected chi connectivity index (χ0v) is 10.1. The molecular formula is C13H13FN4O. The molecule has 1 unspecified atom stereocenters. The molecule has 0 spiro atoms. The van der Waals surface area contributed by atoms with Gasteiger partial charge in [0.05, 0.1) is 24.4 Å². The largest absolute Gasteiger partial charge is 0.490 e. The Morgan fingerprint density at radius 3 is 2.95 bits per heavy atom. The molecule has 19 heavy (non-hydrogen) atoms. The SMILES string of the molecule is Nc1cnc(C2CCOc3c(F)cccc32)nc1N. The molecular weight excluding hydrogens is 247 g/mol. The van der Waals surface area contributed by atoms with E-state index in [0.29, 0.717) is 24.5 Å². The Bertz CT molecular complexity index is 632. The van der Waals surface area contributed by atoms with Crippen LogP contribution in [0.1, 0.15) is 23.7 Å². The van der Waals surface area contributed by atoms with Crippen molar-refractivity contribution in [2.24, 2.45) is 0 Å². The molecule has 5 nitrogen and oxygen atoms in total. The summed E-state index contributed by atoms with van der Waals surface area (Å²) in [6.45, 7) is 0.423. The third-order valence-corrected chi connectivity index (χ3v) is 3.20. The zero-order chi connectivity index (χ0) is 13.4. The summed E-state index contributed by atoms with van der Waals surface area (Å²) in [6.07, 6.45) is 2.16. The number of fused-ring (bicyclic) bond motifs is 1. The van der Waals surface area contributed by atoms with E-state index >= 15 is 0 Å². The fraction of sp³-hybridized carbons (Fsp3) is 0.231. The highest BCUT2D eigenvalue weighted by molar-refractivity contribution is 5.56. The molecule has 1 aromatic carbocycles. The maximum atomic E-state index is 13.7. The van der Waals surface area contributed by atoms with Gasteiger partial charge in [0.15, 0.2) is 11.6 Å². The first-order valence-electron chi connectivity index (χ1n) is 5.96. The Kier molecular flexibility index (Phi) is 2.70. The lowest BCUT2D eigenvalue weighted by molar-refractivity contribution is 0.260. The Morgan fingerprint density at radius 2 is 2.16 bits per heavy atom. The lowest BCUT2D eigenvalue weighted by atomic mass is 9.92. The van der Waals surface area contributed by atoms with E-state index in [1.165, 1.54) is 12.3 Å². The van der Waals surface area contributed by atoms with E-state index in [2.05, 4.69) is 9.97 Å². The molecule has 1 aliphatic heterocycles. The minimum absolute atomic E-state index is 0.123. The quantitative estimate of drug-likeness (QED) is 0.814. The van der Waals surface area contributed by atoms with Gasteiger partial charge in [-0.3, -0.25) is 0 Å². The molecule has 4 N–H and O–H groups in total. The average molecular weight is 260 g/mol. The number of ether oxygens (including phenoxy) is 1. The van der Waals surface area contributed by atoms with Crippen molar-refractivity contribution in [1.29, 1.82) is 0 Å². The number of benzene rings is 1. The molecule has 1 aliphatic rings. The van der Waals surface area contributed by atoms with E-state index in [1.54, 1.807) is 6.07 Å². The molecule has 0 radical (unpaired) electrons. The summed E-state index contributed by atoms with van der Waals surface area (Å²) in [5.74, 6) is 0.571. The summed E-state index contributed by atoms with van der Waals surface area (Å²) in [5.41, 5.74) is 12.4. The molecule has 98 valence electrons. The number of para-hydroxylation sites is 1. The van der Waals surface area contributed by atoms with Gasteiger partial charge in [0, 0.05) is 5.56 Å². The first kappa shape index (κ1) is 11.7. The van der Waals surface area contributed by atoms with Gasteiger partial charge in [0.25, 0.3) is 0 Å². The van der Waals surface area contributed by atoms with E-state index in [0.717, 1.165) is 5.56 Å². The Balaban J connectivity index is 2.08. The van der Waals surface area contributed by atoms with Crippen LogP contribution >= 0.6 is 0 Å². The number of aromatic nitrogens is 2. The third kappa shape index (κ3) is 1.95. The summed E-state index contributed by atoms with van der Waals surface area (Å²) >= 11 is 0. The van der Waals surface area contributed by atoms with E-state index < -0.39 is 0 Å². The van der Waals surface area contributed by atoms with Gasteiger partial charge in [0.2, 0.25) is 0 Å². The topological polar surface area (TPSA) is 87.0 Å². The maximum Gasteiger partial charge on any atom is 0.165 e. The highest BCUT2D eigenvalue weighted by atomic mass is 19.1. The number of halogens is 1. The van der Waals surface area contributed by atoms with Crippen LogP contribution in [0.4, 0.5) is 15.9 Å². The first-order valence-corrected chi connectivity index (χ1v) is 5.96. The molecule has 1 aromatic heterocycles. The molecule has 0 saturated carbocycles. The van der Waals surface area contributed by atoms with Crippen molar-refractivity contribution >= 4 is 11.5 Å². The van der Waals surface area contributed by atoms with E-state index in [4.69, 9.17) is 16.2 Å². The lowest BCUT2D eigenvalue weighted by Crippen LogP contribution is -2.18. The van der Waals surface area contributed by atoms with Crippen LogP contribution in [0.3, 0.4) is 0 Å². The minimum atomic E-state index is -0.370. The predicted molar refractivity (Wildman–Crippen MR) is 69.2 cm³/mol. The van der Waals surface area contributed by atoms with E-state index in [9.17, 15) is 4.39 Å². The summed E-state index contributed by atoms with van der Waals surface area (Å²) in [7, 11) is 0. The Hall–Kier alpha value is -2.37. The molecule has 0 aliphatic carbocycles. The number of anilines is 2. The highest BCUT2D eigenvalue weighted by Gasteiger charge is 2.27. The van der Waals surface area contributed by atoms with E-state index in [1.807, 2.05) is 6.07 Å². The van der Waals surface area contributed by atoms with Crippen molar-refractivity contribution in [3.63, 3.8) is 0 Å². The molecule has 0 fully saturated rings. The summed E-state index contributed by atoms with van der Waals surface area (Å²) in [4.78, 5) is 8.39. The molecule has 6 heteroatoms. The van der Waals surface area contributed by atoms with Crippen LogP contribution in [0.15, 0.2) is 24.4 Å². The summed E-state index contributed by atoms with van der Waals surface area (Å²) in [6, 6.07) is 4.84. The van der Waals surface area contributed by atoms with Gasteiger partial charge in [-0.2, -0.15) is 0 Å².